The maximum Gasteiger partial charge on any atom is 0.294 e. The van der Waals surface area contributed by atoms with Crippen LogP contribution in [0.25, 0.3) is 17.1 Å². The van der Waals surface area contributed by atoms with Gasteiger partial charge in [0.25, 0.3) is 17.3 Å². The highest BCUT2D eigenvalue weighted by Gasteiger charge is 2.25. The lowest BCUT2D eigenvalue weighted by Gasteiger charge is -2.06. The van der Waals surface area contributed by atoms with Gasteiger partial charge in [0.1, 0.15) is 5.69 Å². The topological polar surface area (TPSA) is 223 Å². The first-order valence-electron chi connectivity index (χ1n) is 9.33. The summed E-state index contributed by atoms with van der Waals surface area (Å²) in [5.74, 6) is -1.11. The van der Waals surface area contributed by atoms with E-state index >= 15 is 0 Å². The van der Waals surface area contributed by atoms with Gasteiger partial charge in [-0.2, -0.15) is 9.78 Å². The molecule has 0 spiro atoms. The van der Waals surface area contributed by atoms with E-state index < -0.39 is 15.8 Å². The number of nitro groups is 2. The summed E-state index contributed by atoms with van der Waals surface area (Å²) in [5.41, 5.74) is 7.44. The Balaban J connectivity index is 1.71. The number of nitro benzene ring substituents is 2. The minimum Gasteiger partial charge on any atom is -0.378 e. The Bertz CT molecular complexity index is 1480. The number of carbonyl (C=O) groups excluding carboxylic acids is 1. The van der Waals surface area contributed by atoms with Gasteiger partial charge in [0, 0.05) is 23.8 Å². The second kappa shape index (κ2) is 9.32. The number of nitrogen functional groups attached to an aromatic ring is 1. The third-order valence-electron chi connectivity index (χ3n) is 4.52. The van der Waals surface area contributed by atoms with Gasteiger partial charge in [-0.3, -0.25) is 25.0 Å². The zero-order valence-electron chi connectivity index (χ0n) is 17.1. The SMILES string of the molecule is Nc1nonc1-n1nnc(C(=O)N/N=C/c2c(Cl)cccc2[N+](=O)[O-])c1-c1ccc([N+](=O)[O-])cc1. The summed E-state index contributed by atoms with van der Waals surface area (Å²) < 4.78 is 5.63. The molecule has 2 aromatic heterocycles. The maximum atomic E-state index is 12.9. The highest BCUT2D eigenvalue weighted by molar-refractivity contribution is 6.33. The highest BCUT2D eigenvalue weighted by Crippen LogP contribution is 2.28. The summed E-state index contributed by atoms with van der Waals surface area (Å²) in [6.45, 7) is 0. The van der Waals surface area contributed by atoms with E-state index in [2.05, 4.69) is 35.8 Å². The molecule has 16 nitrogen and oxygen atoms in total. The number of nitrogens with two attached hydrogens (primary N) is 1. The van der Waals surface area contributed by atoms with Gasteiger partial charge in [-0.15, -0.1) is 5.10 Å². The number of amides is 1. The van der Waals surface area contributed by atoms with Gasteiger partial charge in [-0.25, -0.2) is 10.1 Å². The van der Waals surface area contributed by atoms with Gasteiger partial charge in [0.05, 0.1) is 26.6 Å². The van der Waals surface area contributed by atoms with Crippen LogP contribution in [0.4, 0.5) is 17.2 Å². The number of hydrazone groups is 1. The average molecular weight is 499 g/mol. The number of non-ortho nitro benzene ring substituents is 1. The van der Waals surface area contributed by atoms with E-state index in [-0.39, 0.29) is 45.0 Å². The smallest absolute Gasteiger partial charge is 0.294 e. The molecule has 0 radical (unpaired) electrons. The predicted octanol–water partition coefficient (Wildman–Crippen LogP) is 2.13. The van der Waals surface area contributed by atoms with Gasteiger partial charge in [-0.1, -0.05) is 22.9 Å². The molecule has 0 aliphatic rings. The number of nitrogens with zero attached hydrogens (tertiary/aromatic N) is 8. The molecule has 0 unspecified atom stereocenters. The van der Waals surface area contributed by atoms with E-state index in [1.165, 1.54) is 42.5 Å². The Morgan fingerprint density at radius 1 is 1.14 bits per heavy atom. The lowest BCUT2D eigenvalue weighted by atomic mass is 10.1. The van der Waals surface area contributed by atoms with Gasteiger partial charge < -0.3 is 5.73 Å². The molecule has 1 amide bonds. The van der Waals surface area contributed by atoms with E-state index in [4.69, 9.17) is 17.3 Å². The van der Waals surface area contributed by atoms with Crippen LogP contribution in [0.5, 0.6) is 0 Å². The zero-order valence-corrected chi connectivity index (χ0v) is 17.9. The molecule has 0 saturated heterocycles. The van der Waals surface area contributed by atoms with Crippen molar-refractivity contribution in [1.29, 1.82) is 0 Å². The molecule has 4 aromatic rings. The Morgan fingerprint density at radius 3 is 2.51 bits per heavy atom. The van der Waals surface area contributed by atoms with Gasteiger partial charge in [-0.05, 0) is 28.5 Å². The van der Waals surface area contributed by atoms with Crippen LogP contribution in [0.2, 0.25) is 5.02 Å². The van der Waals surface area contributed by atoms with E-state index in [1.54, 1.807) is 0 Å². The zero-order chi connectivity index (χ0) is 25.1. The molecule has 3 N–H and O–H groups in total. The van der Waals surface area contributed by atoms with E-state index in [1.807, 2.05) is 0 Å². The van der Waals surface area contributed by atoms with Crippen molar-refractivity contribution >= 4 is 40.9 Å². The Labute approximate surface area is 198 Å². The predicted molar refractivity (Wildman–Crippen MR) is 119 cm³/mol. The second-order valence-electron chi connectivity index (χ2n) is 6.60. The van der Waals surface area contributed by atoms with Crippen molar-refractivity contribution in [1.82, 2.24) is 30.7 Å². The van der Waals surface area contributed by atoms with Gasteiger partial charge in [0.2, 0.25) is 11.6 Å². The normalized spacial score (nSPS) is 11.0. The molecule has 4 rings (SSSR count). The molecule has 17 heteroatoms. The van der Waals surface area contributed by atoms with Crippen molar-refractivity contribution in [2.45, 2.75) is 0 Å². The van der Waals surface area contributed by atoms with Crippen molar-refractivity contribution in [2.24, 2.45) is 5.10 Å². The lowest BCUT2D eigenvalue weighted by Crippen LogP contribution is -2.19. The van der Waals surface area contributed by atoms with Crippen LogP contribution in [0.15, 0.2) is 52.2 Å². The fraction of sp³-hybridized carbons (Fsp3) is 0. The number of aromatic nitrogens is 5. The van der Waals surface area contributed by atoms with Crippen molar-refractivity contribution in [3.05, 3.63) is 79.0 Å². The number of hydrogen-bond acceptors (Lipinski definition) is 12. The summed E-state index contributed by atoms with van der Waals surface area (Å²) in [5, 5.41) is 40.8. The fourth-order valence-electron chi connectivity index (χ4n) is 2.94. The van der Waals surface area contributed by atoms with Crippen LogP contribution in [0, 0.1) is 20.2 Å². The summed E-state index contributed by atoms with van der Waals surface area (Å²) in [7, 11) is 0. The number of nitrogens with one attached hydrogen (secondary N) is 1. The second-order valence-corrected chi connectivity index (χ2v) is 7.01. The molecule has 35 heavy (non-hydrogen) atoms. The Kier molecular flexibility index (Phi) is 6.10. The van der Waals surface area contributed by atoms with Crippen LogP contribution in [0.3, 0.4) is 0 Å². The summed E-state index contributed by atoms with van der Waals surface area (Å²) in [6, 6.07) is 9.21. The van der Waals surface area contributed by atoms with Gasteiger partial charge in [0.15, 0.2) is 5.69 Å². The van der Waals surface area contributed by atoms with Crippen LogP contribution in [-0.4, -0.2) is 47.3 Å². The van der Waals surface area contributed by atoms with Crippen molar-refractivity contribution in [3.63, 3.8) is 0 Å². The number of halogens is 1. The minimum absolute atomic E-state index is 0.0276. The number of carbonyl (C=O) groups is 1. The summed E-state index contributed by atoms with van der Waals surface area (Å²) in [4.78, 5) is 33.8. The molecule has 0 atom stereocenters. The van der Waals surface area contributed by atoms with Crippen molar-refractivity contribution in [3.8, 4) is 17.1 Å². The largest absolute Gasteiger partial charge is 0.378 e. The Morgan fingerprint density at radius 2 is 1.89 bits per heavy atom. The molecule has 176 valence electrons. The third-order valence-corrected chi connectivity index (χ3v) is 4.85. The number of anilines is 1. The highest BCUT2D eigenvalue weighted by atomic mass is 35.5. The molecule has 2 heterocycles. The molecule has 0 fully saturated rings. The summed E-state index contributed by atoms with van der Waals surface area (Å²) in [6.07, 6.45) is 1.01. The monoisotopic (exact) mass is 498 g/mol. The van der Waals surface area contributed by atoms with E-state index in [0.717, 1.165) is 10.9 Å². The summed E-state index contributed by atoms with van der Waals surface area (Å²) >= 11 is 6.01. The molecule has 0 bridgehead atoms. The first-order chi connectivity index (χ1) is 16.8. The fourth-order valence-corrected chi connectivity index (χ4v) is 3.16. The Hall–Kier alpha value is -5.25. The maximum absolute atomic E-state index is 12.9. The lowest BCUT2D eigenvalue weighted by molar-refractivity contribution is -0.385. The molecule has 0 aliphatic carbocycles. The average Bonchev–Trinajstić information content (AvgIpc) is 3.45. The first-order valence-corrected chi connectivity index (χ1v) is 9.71. The molecule has 2 aromatic carbocycles. The molecular formula is C18H11ClN10O6. The van der Waals surface area contributed by atoms with Crippen LogP contribution in [0.1, 0.15) is 16.1 Å². The molecule has 0 aliphatic heterocycles. The van der Waals surface area contributed by atoms with E-state index in [0.29, 0.717) is 5.56 Å². The van der Waals surface area contributed by atoms with Crippen LogP contribution < -0.4 is 11.2 Å². The number of hydrogen-bond donors (Lipinski definition) is 2. The quantitative estimate of drug-likeness (QED) is 0.213. The molecule has 0 saturated carbocycles. The number of benzene rings is 2. The first kappa shape index (κ1) is 22.9. The third kappa shape index (κ3) is 4.48. The standard InChI is InChI=1S/C18H11ClN10O6/c19-12-2-1-3-13(29(33)34)11(12)8-21-23-18(30)14-15(9-4-6-10(7-5-9)28(31)32)27(26-22-14)17-16(20)24-35-25-17/h1-8H,(H2,20,24)(H,23,30)/b21-8+. The number of rotatable bonds is 7. The molecular weight excluding hydrogens is 488 g/mol. The van der Waals surface area contributed by atoms with Crippen molar-refractivity contribution in [2.75, 3.05) is 5.73 Å². The van der Waals surface area contributed by atoms with Crippen LogP contribution >= 0.6 is 11.6 Å². The van der Waals surface area contributed by atoms with Crippen molar-refractivity contribution < 1.29 is 19.3 Å². The van der Waals surface area contributed by atoms with Gasteiger partial charge >= 0.3 is 0 Å². The van der Waals surface area contributed by atoms with Crippen LogP contribution in [-0.2, 0) is 0 Å². The van der Waals surface area contributed by atoms with E-state index in [9.17, 15) is 25.0 Å². The minimum atomic E-state index is -0.870.